The Morgan fingerprint density at radius 1 is 1.26 bits per heavy atom. The molecule has 6 nitrogen and oxygen atoms in total. The van der Waals surface area contributed by atoms with Crippen LogP contribution in [0.2, 0.25) is 0 Å². The first-order chi connectivity index (χ1) is 9.24. The second-order valence-corrected chi connectivity index (χ2v) is 5.15. The number of rotatable bonds is 2. The lowest BCUT2D eigenvalue weighted by atomic mass is 10.2. The molecular formula is C12H13BrN4O2. The Morgan fingerprint density at radius 2 is 2.05 bits per heavy atom. The molecule has 2 N–H and O–H groups in total. The van der Waals surface area contributed by atoms with E-state index in [-0.39, 0.29) is 0 Å². The summed E-state index contributed by atoms with van der Waals surface area (Å²) in [6, 6.07) is 5.56. The van der Waals surface area contributed by atoms with Gasteiger partial charge in [0.1, 0.15) is 0 Å². The molecule has 1 aliphatic rings. The van der Waals surface area contributed by atoms with Crippen LogP contribution >= 0.6 is 15.9 Å². The number of halogens is 1. The molecule has 0 saturated carbocycles. The number of nitrogens with two attached hydrogens (primary N) is 1. The van der Waals surface area contributed by atoms with Crippen LogP contribution in [-0.2, 0) is 4.74 Å². The summed E-state index contributed by atoms with van der Waals surface area (Å²) in [5.41, 5.74) is 7.30. The molecule has 3 rings (SSSR count). The van der Waals surface area contributed by atoms with Gasteiger partial charge in [0.05, 0.1) is 18.8 Å². The van der Waals surface area contributed by atoms with E-state index in [2.05, 4.69) is 26.1 Å². The summed E-state index contributed by atoms with van der Waals surface area (Å²) in [7, 11) is 0. The fourth-order valence-corrected chi connectivity index (χ4v) is 2.32. The van der Waals surface area contributed by atoms with Crippen LogP contribution in [-0.4, -0.2) is 36.4 Å². The highest BCUT2D eigenvalue weighted by Crippen LogP contribution is 2.28. The van der Waals surface area contributed by atoms with Crippen molar-refractivity contribution in [2.24, 2.45) is 0 Å². The van der Waals surface area contributed by atoms with Crippen molar-refractivity contribution in [3.05, 3.63) is 22.7 Å². The van der Waals surface area contributed by atoms with Gasteiger partial charge in [-0.2, -0.15) is 4.98 Å². The lowest BCUT2D eigenvalue weighted by Crippen LogP contribution is -2.36. The van der Waals surface area contributed by atoms with Crippen molar-refractivity contribution in [2.75, 3.05) is 36.9 Å². The zero-order valence-electron chi connectivity index (χ0n) is 10.2. The van der Waals surface area contributed by atoms with E-state index in [1.54, 1.807) is 0 Å². The third-order valence-corrected chi connectivity index (χ3v) is 3.45. The van der Waals surface area contributed by atoms with Crippen LogP contribution in [0.15, 0.2) is 27.2 Å². The van der Waals surface area contributed by atoms with Crippen LogP contribution in [0.25, 0.3) is 11.5 Å². The Bertz CT molecular complexity index is 581. The molecular weight excluding hydrogens is 312 g/mol. The highest BCUT2D eigenvalue weighted by Gasteiger charge is 2.18. The third kappa shape index (κ3) is 2.57. The second-order valence-electron chi connectivity index (χ2n) is 4.23. The number of anilines is 2. The van der Waals surface area contributed by atoms with Gasteiger partial charge in [-0.1, -0.05) is 15.9 Å². The zero-order valence-corrected chi connectivity index (χ0v) is 11.8. The number of morpholine rings is 1. The Kier molecular flexibility index (Phi) is 3.39. The van der Waals surface area contributed by atoms with Crippen LogP contribution in [0, 0.1) is 0 Å². The Morgan fingerprint density at radius 3 is 2.79 bits per heavy atom. The minimum atomic E-state index is 0.437. The summed E-state index contributed by atoms with van der Waals surface area (Å²) in [5, 5.41) is 4.00. The first-order valence-corrected chi connectivity index (χ1v) is 6.75. The zero-order chi connectivity index (χ0) is 13.2. The molecule has 0 spiro atoms. The summed E-state index contributed by atoms with van der Waals surface area (Å²) in [6.07, 6.45) is 0. The molecule has 100 valence electrons. The maximum Gasteiger partial charge on any atom is 0.266 e. The van der Waals surface area contributed by atoms with Crippen molar-refractivity contribution >= 4 is 27.6 Å². The van der Waals surface area contributed by atoms with Gasteiger partial charge in [0.2, 0.25) is 0 Å². The van der Waals surface area contributed by atoms with Gasteiger partial charge in [-0.05, 0) is 23.4 Å². The molecule has 1 fully saturated rings. The molecule has 0 amide bonds. The van der Waals surface area contributed by atoms with Gasteiger partial charge in [-0.25, -0.2) is 0 Å². The average molecular weight is 325 g/mol. The Labute approximate surface area is 118 Å². The Balaban J connectivity index is 1.87. The molecule has 0 unspecified atom stereocenters. The van der Waals surface area contributed by atoms with Crippen LogP contribution < -0.4 is 10.6 Å². The van der Waals surface area contributed by atoms with Crippen LogP contribution in [0.3, 0.4) is 0 Å². The molecule has 19 heavy (non-hydrogen) atoms. The van der Waals surface area contributed by atoms with Crippen molar-refractivity contribution in [3.8, 4) is 11.5 Å². The molecule has 1 aromatic carbocycles. The molecule has 0 aliphatic carbocycles. The van der Waals surface area contributed by atoms with Crippen molar-refractivity contribution in [1.29, 1.82) is 0 Å². The first kappa shape index (κ1) is 12.4. The minimum absolute atomic E-state index is 0.437. The summed E-state index contributed by atoms with van der Waals surface area (Å²) >= 11 is 3.37. The van der Waals surface area contributed by atoms with Crippen LogP contribution in [0.4, 0.5) is 11.6 Å². The van der Waals surface area contributed by atoms with Gasteiger partial charge < -0.3 is 19.9 Å². The molecule has 0 radical (unpaired) electrons. The van der Waals surface area contributed by atoms with Crippen molar-refractivity contribution in [2.45, 2.75) is 0 Å². The van der Waals surface area contributed by atoms with Gasteiger partial charge in [-0.15, -0.1) is 0 Å². The molecule has 2 aromatic rings. The van der Waals surface area contributed by atoms with Gasteiger partial charge in [0.15, 0.2) is 0 Å². The van der Waals surface area contributed by atoms with Gasteiger partial charge >= 0.3 is 0 Å². The van der Waals surface area contributed by atoms with E-state index in [1.807, 2.05) is 23.1 Å². The maximum absolute atomic E-state index is 5.95. The maximum atomic E-state index is 5.95. The molecule has 2 heterocycles. The van der Waals surface area contributed by atoms with Crippen LogP contribution in [0.5, 0.6) is 0 Å². The van der Waals surface area contributed by atoms with Gasteiger partial charge in [0, 0.05) is 23.2 Å². The molecule has 1 aromatic heterocycles. The fourth-order valence-electron chi connectivity index (χ4n) is 1.95. The van der Waals surface area contributed by atoms with E-state index in [1.165, 1.54) is 0 Å². The molecule has 1 saturated heterocycles. The summed E-state index contributed by atoms with van der Waals surface area (Å²) in [6.45, 7) is 2.91. The largest absolute Gasteiger partial charge is 0.398 e. The van der Waals surface area contributed by atoms with E-state index in [0.717, 1.165) is 23.1 Å². The molecule has 0 atom stereocenters. The monoisotopic (exact) mass is 324 g/mol. The predicted octanol–water partition coefficient (Wildman–Crippen LogP) is 1.92. The number of hydrogen-bond acceptors (Lipinski definition) is 6. The standard InChI is InChI=1S/C12H13BrN4O2/c13-8-1-2-9(10(14)7-8)11-15-12(16-19-11)17-3-5-18-6-4-17/h1-2,7H,3-6,14H2. The van der Waals surface area contributed by atoms with E-state index >= 15 is 0 Å². The molecule has 0 bridgehead atoms. The Hall–Kier alpha value is -1.60. The average Bonchev–Trinajstić information content (AvgIpc) is 2.89. The van der Waals surface area contributed by atoms with E-state index < -0.39 is 0 Å². The first-order valence-electron chi connectivity index (χ1n) is 5.96. The summed E-state index contributed by atoms with van der Waals surface area (Å²) < 4.78 is 11.5. The van der Waals surface area contributed by atoms with E-state index in [9.17, 15) is 0 Å². The summed E-state index contributed by atoms with van der Waals surface area (Å²) in [5.74, 6) is 1.02. The highest BCUT2D eigenvalue weighted by atomic mass is 79.9. The summed E-state index contributed by atoms with van der Waals surface area (Å²) in [4.78, 5) is 6.43. The normalized spacial score (nSPS) is 15.7. The van der Waals surface area contributed by atoms with Gasteiger partial charge in [0.25, 0.3) is 11.8 Å². The lowest BCUT2D eigenvalue weighted by molar-refractivity contribution is 0.121. The van der Waals surface area contributed by atoms with E-state index in [4.69, 9.17) is 15.0 Å². The van der Waals surface area contributed by atoms with E-state index in [0.29, 0.717) is 30.7 Å². The van der Waals surface area contributed by atoms with Crippen LogP contribution in [0.1, 0.15) is 0 Å². The number of nitrogens with zero attached hydrogens (tertiary/aromatic N) is 3. The molecule has 1 aliphatic heterocycles. The predicted molar refractivity (Wildman–Crippen MR) is 74.9 cm³/mol. The van der Waals surface area contributed by atoms with Crippen molar-refractivity contribution < 1.29 is 9.26 Å². The number of aromatic nitrogens is 2. The number of ether oxygens (including phenoxy) is 1. The topological polar surface area (TPSA) is 77.4 Å². The minimum Gasteiger partial charge on any atom is -0.398 e. The van der Waals surface area contributed by atoms with Crippen molar-refractivity contribution in [1.82, 2.24) is 10.1 Å². The highest BCUT2D eigenvalue weighted by molar-refractivity contribution is 9.10. The third-order valence-electron chi connectivity index (χ3n) is 2.95. The fraction of sp³-hybridized carbons (Fsp3) is 0.333. The lowest BCUT2D eigenvalue weighted by Gasteiger charge is -2.24. The number of nitrogen functional groups attached to an aromatic ring is 1. The SMILES string of the molecule is Nc1cc(Br)ccc1-c1nc(N2CCOCC2)no1. The van der Waals surface area contributed by atoms with Gasteiger partial charge in [-0.3, -0.25) is 0 Å². The number of benzene rings is 1. The smallest absolute Gasteiger partial charge is 0.266 e. The number of hydrogen-bond donors (Lipinski definition) is 1. The molecule has 7 heteroatoms. The second kappa shape index (κ2) is 5.18. The quantitative estimate of drug-likeness (QED) is 0.850. The van der Waals surface area contributed by atoms with Crippen molar-refractivity contribution in [3.63, 3.8) is 0 Å².